The molecule has 72 valence electrons. The van der Waals surface area contributed by atoms with E-state index in [1.165, 1.54) is 12.4 Å². The van der Waals surface area contributed by atoms with Gasteiger partial charge in [-0.25, -0.2) is 4.39 Å². The van der Waals surface area contributed by atoms with E-state index in [1.54, 1.807) is 23.7 Å². The molecule has 0 spiro atoms. The van der Waals surface area contributed by atoms with Crippen LogP contribution < -0.4 is 0 Å². The van der Waals surface area contributed by atoms with Crippen LogP contribution in [-0.2, 0) is 7.05 Å². The zero-order valence-electron chi connectivity index (χ0n) is 7.41. The van der Waals surface area contributed by atoms with E-state index in [2.05, 4.69) is 10.2 Å². The standard InChI is InChI=1S/C9H7ClFN3/c1-14-5-12-13-9(14)7-3-2-6(10)4-8(7)11/h2-5H,1H3. The largest absolute Gasteiger partial charge is 0.317 e. The molecule has 0 N–H and O–H groups in total. The molecule has 0 aliphatic heterocycles. The lowest BCUT2D eigenvalue weighted by atomic mass is 10.2. The zero-order chi connectivity index (χ0) is 10.1. The van der Waals surface area contributed by atoms with Crippen LogP contribution >= 0.6 is 11.6 Å². The SMILES string of the molecule is Cn1cnnc1-c1ccc(Cl)cc1F. The van der Waals surface area contributed by atoms with E-state index in [-0.39, 0.29) is 0 Å². The van der Waals surface area contributed by atoms with Crippen molar-refractivity contribution in [3.63, 3.8) is 0 Å². The molecular formula is C9H7ClFN3. The van der Waals surface area contributed by atoms with Crippen LogP contribution in [0.4, 0.5) is 4.39 Å². The molecular weight excluding hydrogens is 205 g/mol. The first-order chi connectivity index (χ1) is 6.68. The third-order valence-corrected chi connectivity index (χ3v) is 2.12. The van der Waals surface area contributed by atoms with Gasteiger partial charge in [0.1, 0.15) is 12.1 Å². The predicted molar refractivity (Wildman–Crippen MR) is 51.4 cm³/mol. The van der Waals surface area contributed by atoms with Crippen LogP contribution in [0.1, 0.15) is 0 Å². The van der Waals surface area contributed by atoms with E-state index in [1.807, 2.05) is 0 Å². The smallest absolute Gasteiger partial charge is 0.166 e. The molecule has 0 amide bonds. The number of nitrogens with zero attached hydrogens (tertiary/aromatic N) is 3. The molecule has 0 radical (unpaired) electrons. The van der Waals surface area contributed by atoms with Crippen molar-refractivity contribution < 1.29 is 4.39 Å². The molecule has 5 heteroatoms. The molecule has 1 aromatic heterocycles. The summed E-state index contributed by atoms with van der Waals surface area (Å²) >= 11 is 5.64. The monoisotopic (exact) mass is 211 g/mol. The van der Waals surface area contributed by atoms with Crippen LogP contribution in [0.15, 0.2) is 24.5 Å². The molecule has 0 unspecified atom stereocenters. The Bertz CT molecular complexity index is 467. The third kappa shape index (κ3) is 1.48. The highest BCUT2D eigenvalue weighted by Gasteiger charge is 2.10. The van der Waals surface area contributed by atoms with Crippen LogP contribution in [-0.4, -0.2) is 14.8 Å². The normalized spacial score (nSPS) is 10.5. The molecule has 1 heterocycles. The van der Waals surface area contributed by atoms with Gasteiger partial charge in [0.2, 0.25) is 0 Å². The Kier molecular flexibility index (Phi) is 2.21. The summed E-state index contributed by atoms with van der Waals surface area (Å²) in [6.45, 7) is 0. The van der Waals surface area contributed by atoms with Crippen molar-refractivity contribution in [2.45, 2.75) is 0 Å². The Morgan fingerprint density at radius 2 is 2.21 bits per heavy atom. The number of aryl methyl sites for hydroxylation is 1. The molecule has 2 aromatic rings. The summed E-state index contributed by atoms with van der Waals surface area (Å²) < 4.78 is 15.1. The van der Waals surface area contributed by atoms with E-state index in [0.717, 1.165) is 0 Å². The highest BCUT2D eigenvalue weighted by molar-refractivity contribution is 6.30. The molecule has 0 saturated carbocycles. The van der Waals surface area contributed by atoms with Crippen molar-refractivity contribution >= 4 is 11.6 Å². The minimum atomic E-state index is -0.395. The molecule has 2 rings (SSSR count). The summed E-state index contributed by atoms with van der Waals surface area (Å²) in [5.41, 5.74) is 0.398. The molecule has 0 fully saturated rings. The van der Waals surface area contributed by atoms with Gasteiger partial charge in [-0.3, -0.25) is 0 Å². The van der Waals surface area contributed by atoms with Crippen molar-refractivity contribution in [2.24, 2.45) is 7.05 Å². The molecule has 3 nitrogen and oxygen atoms in total. The lowest BCUT2D eigenvalue weighted by molar-refractivity contribution is 0.629. The van der Waals surface area contributed by atoms with Crippen molar-refractivity contribution in [3.05, 3.63) is 35.4 Å². The van der Waals surface area contributed by atoms with Gasteiger partial charge in [0.15, 0.2) is 5.82 Å². The van der Waals surface area contributed by atoms with Crippen LogP contribution in [0.3, 0.4) is 0 Å². The van der Waals surface area contributed by atoms with Crippen LogP contribution in [0.5, 0.6) is 0 Å². The molecule has 0 atom stereocenters. The second-order valence-electron chi connectivity index (χ2n) is 2.89. The molecule has 0 bridgehead atoms. The minimum Gasteiger partial charge on any atom is -0.317 e. The summed E-state index contributed by atoms with van der Waals surface area (Å²) in [7, 11) is 1.75. The van der Waals surface area contributed by atoms with Gasteiger partial charge in [-0.15, -0.1) is 10.2 Å². The Morgan fingerprint density at radius 3 is 2.79 bits per heavy atom. The fourth-order valence-corrected chi connectivity index (χ4v) is 1.36. The van der Waals surface area contributed by atoms with Gasteiger partial charge in [-0.05, 0) is 18.2 Å². The fraction of sp³-hybridized carbons (Fsp3) is 0.111. The van der Waals surface area contributed by atoms with Crippen molar-refractivity contribution in [3.8, 4) is 11.4 Å². The van der Waals surface area contributed by atoms with Gasteiger partial charge in [0, 0.05) is 12.1 Å². The van der Waals surface area contributed by atoms with Gasteiger partial charge in [-0.1, -0.05) is 11.6 Å². The minimum absolute atomic E-state index is 0.369. The van der Waals surface area contributed by atoms with E-state index < -0.39 is 5.82 Å². The second kappa shape index (κ2) is 3.38. The number of benzene rings is 1. The maximum atomic E-state index is 13.4. The third-order valence-electron chi connectivity index (χ3n) is 1.88. The average Bonchev–Trinajstić information content (AvgIpc) is 2.52. The summed E-state index contributed by atoms with van der Waals surface area (Å²) in [6.07, 6.45) is 1.52. The topological polar surface area (TPSA) is 30.7 Å². The number of hydrogen-bond donors (Lipinski definition) is 0. The second-order valence-corrected chi connectivity index (χ2v) is 3.33. The Hall–Kier alpha value is -1.42. The van der Waals surface area contributed by atoms with E-state index in [9.17, 15) is 4.39 Å². The molecule has 14 heavy (non-hydrogen) atoms. The summed E-state index contributed by atoms with van der Waals surface area (Å²) in [5.74, 6) is 0.0905. The first-order valence-corrected chi connectivity index (χ1v) is 4.35. The lowest BCUT2D eigenvalue weighted by Gasteiger charge is -2.01. The van der Waals surface area contributed by atoms with Crippen LogP contribution in [0.25, 0.3) is 11.4 Å². The van der Waals surface area contributed by atoms with Crippen LogP contribution in [0, 0.1) is 5.82 Å². The van der Waals surface area contributed by atoms with Gasteiger partial charge >= 0.3 is 0 Å². The zero-order valence-corrected chi connectivity index (χ0v) is 8.16. The highest BCUT2D eigenvalue weighted by atomic mass is 35.5. The molecule has 0 aliphatic rings. The van der Waals surface area contributed by atoms with E-state index in [0.29, 0.717) is 16.4 Å². The highest BCUT2D eigenvalue weighted by Crippen LogP contribution is 2.22. The predicted octanol–water partition coefficient (Wildman–Crippen LogP) is 2.27. The van der Waals surface area contributed by atoms with Gasteiger partial charge in [0.25, 0.3) is 0 Å². The van der Waals surface area contributed by atoms with Gasteiger partial charge < -0.3 is 4.57 Å². The van der Waals surface area contributed by atoms with Gasteiger partial charge in [-0.2, -0.15) is 0 Å². The van der Waals surface area contributed by atoms with Crippen molar-refractivity contribution in [1.82, 2.24) is 14.8 Å². The first-order valence-electron chi connectivity index (χ1n) is 3.98. The number of aromatic nitrogens is 3. The number of rotatable bonds is 1. The lowest BCUT2D eigenvalue weighted by Crippen LogP contribution is -1.93. The Morgan fingerprint density at radius 1 is 1.43 bits per heavy atom. The maximum Gasteiger partial charge on any atom is 0.166 e. The summed E-state index contributed by atoms with van der Waals surface area (Å²) in [6, 6.07) is 4.46. The van der Waals surface area contributed by atoms with E-state index >= 15 is 0 Å². The fourth-order valence-electron chi connectivity index (χ4n) is 1.20. The summed E-state index contributed by atoms with van der Waals surface area (Å²) in [5, 5.41) is 7.85. The van der Waals surface area contributed by atoms with Crippen LogP contribution in [0.2, 0.25) is 5.02 Å². The molecule has 0 saturated heterocycles. The molecule has 0 aliphatic carbocycles. The van der Waals surface area contributed by atoms with Crippen molar-refractivity contribution in [2.75, 3.05) is 0 Å². The van der Waals surface area contributed by atoms with E-state index in [4.69, 9.17) is 11.6 Å². The van der Waals surface area contributed by atoms with Crippen molar-refractivity contribution in [1.29, 1.82) is 0 Å². The number of hydrogen-bond acceptors (Lipinski definition) is 2. The average molecular weight is 212 g/mol. The Labute approximate surface area is 85.1 Å². The first kappa shape index (κ1) is 9.15. The quantitative estimate of drug-likeness (QED) is 0.725. The Balaban J connectivity index is 2.58. The molecule has 1 aromatic carbocycles. The van der Waals surface area contributed by atoms with Gasteiger partial charge in [0.05, 0.1) is 5.56 Å². The maximum absolute atomic E-state index is 13.4. The summed E-state index contributed by atoms with van der Waals surface area (Å²) in [4.78, 5) is 0. The number of halogens is 2.